The van der Waals surface area contributed by atoms with Gasteiger partial charge in [-0.25, -0.2) is 8.42 Å². The van der Waals surface area contributed by atoms with E-state index < -0.39 is 26.8 Å². The van der Waals surface area contributed by atoms with Gasteiger partial charge in [-0.15, -0.1) is 0 Å². The molecule has 1 aliphatic heterocycles. The second-order valence-corrected chi connectivity index (χ2v) is 7.41. The number of aliphatic hydroxyl groups is 1. The smallest absolute Gasteiger partial charge is 0.314 e. The minimum Gasteiger partial charge on any atom is -0.469 e. The third kappa shape index (κ3) is 1.87. The Hall–Kier alpha value is -0.620. The average Bonchev–Trinajstić information content (AvgIpc) is 2.25. The van der Waals surface area contributed by atoms with Crippen molar-refractivity contribution in [3.8, 4) is 0 Å². The molecule has 98 valence electrons. The fourth-order valence-corrected chi connectivity index (χ4v) is 4.45. The van der Waals surface area contributed by atoms with E-state index in [9.17, 15) is 18.3 Å². The summed E-state index contributed by atoms with van der Waals surface area (Å²) in [4.78, 5) is 12.0. The number of ether oxygens (including phenoxy) is 1. The molecular formula is C11H18O5S. The van der Waals surface area contributed by atoms with E-state index in [1.54, 1.807) is 0 Å². The second-order valence-electron chi connectivity index (χ2n) is 5.11. The highest BCUT2D eigenvalue weighted by molar-refractivity contribution is 7.91. The first kappa shape index (κ1) is 12.8. The molecule has 0 atom stereocenters. The molecule has 2 aliphatic rings. The number of rotatable bonds is 2. The molecule has 2 fully saturated rings. The van der Waals surface area contributed by atoms with Crippen molar-refractivity contribution in [1.29, 1.82) is 0 Å². The van der Waals surface area contributed by atoms with Gasteiger partial charge in [0.2, 0.25) is 0 Å². The summed E-state index contributed by atoms with van der Waals surface area (Å²) in [6, 6.07) is 0. The van der Waals surface area contributed by atoms with Crippen LogP contribution in [0.2, 0.25) is 0 Å². The number of carbonyl (C=O) groups excluding carboxylic acids is 1. The summed E-state index contributed by atoms with van der Waals surface area (Å²) >= 11 is 0. The molecule has 1 N–H and O–H groups in total. The molecule has 17 heavy (non-hydrogen) atoms. The van der Waals surface area contributed by atoms with Crippen molar-refractivity contribution in [3.05, 3.63) is 0 Å². The molecule has 5 nitrogen and oxygen atoms in total. The van der Waals surface area contributed by atoms with E-state index in [4.69, 9.17) is 4.74 Å². The monoisotopic (exact) mass is 262 g/mol. The molecule has 0 aromatic rings. The Morgan fingerprint density at radius 3 is 2.06 bits per heavy atom. The van der Waals surface area contributed by atoms with Gasteiger partial charge in [0.25, 0.3) is 0 Å². The maximum absolute atomic E-state index is 12.0. The molecule has 1 saturated heterocycles. The topological polar surface area (TPSA) is 80.7 Å². The number of methoxy groups -OCH3 is 1. The summed E-state index contributed by atoms with van der Waals surface area (Å²) in [6.45, 7) is 0. The maximum Gasteiger partial charge on any atom is 0.314 e. The molecule has 0 radical (unpaired) electrons. The number of hydrogen-bond acceptors (Lipinski definition) is 5. The molecule has 0 spiro atoms. The Morgan fingerprint density at radius 2 is 1.71 bits per heavy atom. The van der Waals surface area contributed by atoms with Crippen LogP contribution in [0.5, 0.6) is 0 Å². The van der Waals surface area contributed by atoms with E-state index in [2.05, 4.69) is 0 Å². The zero-order valence-electron chi connectivity index (χ0n) is 9.94. The van der Waals surface area contributed by atoms with Gasteiger partial charge in [-0.1, -0.05) is 0 Å². The predicted octanol–water partition coefficient (Wildman–Crippen LogP) is 0.269. The van der Waals surface area contributed by atoms with Crippen molar-refractivity contribution >= 4 is 15.8 Å². The van der Waals surface area contributed by atoms with Crippen LogP contribution in [0.1, 0.15) is 32.1 Å². The van der Waals surface area contributed by atoms with Gasteiger partial charge >= 0.3 is 5.97 Å². The van der Waals surface area contributed by atoms with E-state index >= 15 is 0 Å². The lowest BCUT2D eigenvalue weighted by molar-refractivity contribution is -0.189. The van der Waals surface area contributed by atoms with Crippen molar-refractivity contribution in [1.82, 2.24) is 0 Å². The van der Waals surface area contributed by atoms with Crippen LogP contribution < -0.4 is 0 Å². The standard InChI is InChI=1S/C11H18O5S/c1-16-9(12)10(11(13)3-2-4-11)5-7-17(14,15)8-6-10/h13H,2-8H2,1H3. The SMILES string of the molecule is COC(=O)C1(C2(O)CCC2)CCS(=O)(=O)CC1. The van der Waals surface area contributed by atoms with Crippen LogP contribution in [0.25, 0.3) is 0 Å². The zero-order chi connectivity index (χ0) is 12.7. The van der Waals surface area contributed by atoms with Gasteiger partial charge in [0.1, 0.15) is 9.84 Å². The van der Waals surface area contributed by atoms with Gasteiger partial charge in [0.15, 0.2) is 0 Å². The lowest BCUT2D eigenvalue weighted by Crippen LogP contribution is -2.60. The van der Waals surface area contributed by atoms with Gasteiger partial charge in [0.05, 0.1) is 29.6 Å². The Kier molecular flexibility index (Phi) is 2.98. The lowest BCUT2D eigenvalue weighted by atomic mass is 9.58. The summed E-state index contributed by atoms with van der Waals surface area (Å²) in [6.07, 6.45) is 2.35. The van der Waals surface area contributed by atoms with Crippen LogP contribution in [0.4, 0.5) is 0 Å². The molecule has 2 rings (SSSR count). The van der Waals surface area contributed by atoms with Crippen molar-refractivity contribution < 1.29 is 23.1 Å². The van der Waals surface area contributed by atoms with Crippen LogP contribution in [0, 0.1) is 5.41 Å². The Bertz CT molecular complexity index is 407. The molecule has 0 bridgehead atoms. The van der Waals surface area contributed by atoms with Crippen LogP contribution in [0.15, 0.2) is 0 Å². The summed E-state index contributed by atoms with van der Waals surface area (Å²) in [7, 11) is -1.77. The first-order chi connectivity index (χ1) is 7.85. The quantitative estimate of drug-likeness (QED) is 0.722. The Labute approximate surface area is 101 Å². The number of sulfone groups is 1. The molecule has 1 aliphatic carbocycles. The predicted molar refractivity (Wildman–Crippen MR) is 61.1 cm³/mol. The minimum atomic E-state index is -3.06. The normalized spacial score (nSPS) is 29.1. The van der Waals surface area contributed by atoms with Crippen molar-refractivity contribution in [2.75, 3.05) is 18.6 Å². The first-order valence-electron chi connectivity index (χ1n) is 5.87. The van der Waals surface area contributed by atoms with Crippen LogP contribution in [0.3, 0.4) is 0 Å². The molecule has 1 saturated carbocycles. The van der Waals surface area contributed by atoms with Crippen LogP contribution in [-0.4, -0.2) is 43.7 Å². The van der Waals surface area contributed by atoms with Crippen molar-refractivity contribution in [2.45, 2.75) is 37.7 Å². The van der Waals surface area contributed by atoms with Gasteiger partial charge in [-0.3, -0.25) is 4.79 Å². The van der Waals surface area contributed by atoms with Crippen LogP contribution in [-0.2, 0) is 19.4 Å². The fourth-order valence-electron chi connectivity index (χ4n) is 2.93. The van der Waals surface area contributed by atoms with Crippen LogP contribution >= 0.6 is 0 Å². The van der Waals surface area contributed by atoms with Gasteiger partial charge in [-0.05, 0) is 32.1 Å². The highest BCUT2D eigenvalue weighted by Gasteiger charge is 2.60. The molecule has 0 unspecified atom stereocenters. The van der Waals surface area contributed by atoms with E-state index in [0.717, 1.165) is 6.42 Å². The molecule has 1 heterocycles. The van der Waals surface area contributed by atoms with Crippen molar-refractivity contribution in [3.63, 3.8) is 0 Å². The first-order valence-corrected chi connectivity index (χ1v) is 7.69. The van der Waals surface area contributed by atoms with Gasteiger partial charge in [0, 0.05) is 0 Å². The molecule has 0 aromatic heterocycles. The third-order valence-corrected chi connectivity index (χ3v) is 5.98. The Morgan fingerprint density at radius 1 is 1.18 bits per heavy atom. The average molecular weight is 262 g/mol. The maximum atomic E-state index is 12.0. The number of hydrogen-bond donors (Lipinski definition) is 1. The van der Waals surface area contributed by atoms with E-state index in [1.165, 1.54) is 7.11 Å². The van der Waals surface area contributed by atoms with E-state index in [0.29, 0.717) is 12.8 Å². The largest absolute Gasteiger partial charge is 0.469 e. The second kappa shape index (κ2) is 3.95. The Balaban J connectivity index is 2.30. The summed E-state index contributed by atoms with van der Waals surface area (Å²) in [5, 5.41) is 10.5. The zero-order valence-corrected chi connectivity index (χ0v) is 10.8. The molecule has 0 amide bonds. The highest BCUT2D eigenvalue weighted by atomic mass is 32.2. The van der Waals surface area contributed by atoms with Gasteiger partial charge in [-0.2, -0.15) is 0 Å². The highest BCUT2D eigenvalue weighted by Crippen LogP contribution is 2.52. The van der Waals surface area contributed by atoms with E-state index in [-0.39, 0.29) is 24.3 Å². The lowest BCUT2D eigenvalue weighted by Gasteiger charge is -2.52. The molecular weight excluding hydrogens is 244 g/mol. The fraction of sp³-hybridized carbons (Fsp3) is 0.909. The van der Waals surface area contributed by atoms with Crippen molar-refractivity contribution in [2.24, 2.45) is 5.41 Å². The third-order valence-electron chi connectivity index (χ3n) is 4.33. The molecule has 0 aromatic carbocycles. The summed E-state index contributed by atoms with van der Waals surface area (Å²) in [5.74, 6) is -0.538. The molecule has 6 heteroatoms. The number of esters is 1. The van der Waals surface area contributed by atoms with Gasteiger partial charge < -0.3 is 9.84 Å². The minimum absolute atomic E-state index is 0.0373. The van der Waals surface area contributed by atoms with E-state index in [1.807, 2.05) is 0 Å². The summed E-state index contributed by atoms with van der Waals surface area (Å²) < 4.78 is 27.7. The number of carbonyl (C=O) groups is 1. The summed E-state index contributed by atoms with van der Waals surface area (Å²) in [5.41, 5.74) is -2.07.